The Morgan fingerprint density at radius 3 is 2.48 bits per heavy atom. The van der Waals surface area contributed by atoms with Crippen molar-refractivity contribution >= 4 is 23.4 Å². The number of hydrogen-bond acceptors (Lipinski definition) is 3. The van der Waals surface area contributed by atoms with Gasteiger partial charge in [0.2, 0.25) is 0 Å². The maximum atomic E-state index is 13.1. The molecule has 2 rings (SSSR count). The molecule has 0 saturated heterocycles. The number of amides is 2. The number of hydrazine groups is 1. The predicted molar refractivity (Wildman–Crippen MR) is 83.6 cm³/mol. The predicted octanol–water partition coefficient (Wildman–Crippen LogP) is 2.71. The van der Waals surface area contributed by atoms with Gasteiger partial charge in [-0.25, -0.2) is 4.39 Å². The van der Waals surface area contributed by atoms with E-state index in [1.165, 1.54) is 19.1 Å². The molecule has 0 aliphatic carbocycles. The highest BCUT2D eigenvalue weighted by Crippen LogP contribution is 2.21. The Balaban J connectivity index is 1.87. The van der Waals surface area contributed by atoms with Crippen LogP contribution in [0.3, 0.4) is 0 Å². The summed E-state index contributed by atoms with van der Waals surface area (Å²) in [6, 6.07) is 12.2. The smallest absolute Gasteiger partial charge is 0.279 e. The van der Waals surface area contributed by atoms with Gasteiger partial charge in [0.05, 0.1) is 5.02 Å². The molecule has 0 saturated carbocycles. The van der Waals surface area contributed by atoms with Crippen molar-refractivity contribution in [3.63, 3.8) is 0 Å². The highest BCUT2D eigenvalue weighted by molar-refractivity contribution is 6.30. The molecule has 0 fully saturated rings. The maximum absolute atomic E-state index is 13.1. The second-order valence-electron chi connectivity index (χ2n) is 4.65. The molecule has 7 heteroatoms. The average molecular weight is 337 g/mol. The van der Waals surface area contributed by atoms with Crippen LogP contribution in [-0.2, 0) is 4.79 Å². The van der Waals surface area contributed by atoms with Gasteiger partial charge in [-0.15, -0.1) is 0 Å². The van der Waals surface area contributed by atoms with E-state index in [9.17, 15) is 14.0 Å². The Morgan fingerprint density at radius 1 is 1.13 bits per heavy atom. The van der Waals surface area contributed by atoms with Crippen molar-refractivity contribution in [2.24, 2.45) is 0 Å². The molecule has 1 atom stereocenters. The van der Waals surface area contributed by atoms with Crippen LogP contribution in [0, 0.1) is 5.82 Å². The Bertz CT molecular complexity index is 710. The topological polar surface area (TPSA) is 67.4 Å². The van der Waals surface area contributed by atoms with Crippen LogP contribution in [0.25, 0.3) is 0 Å². The lowest BCUT2D eigenvalue weighted by Crippen LogP contribution is -2.47. The van der Waals surface area contributed by atoms with Gasteiger partial charge in [0, 0.05) is 11.6 Å². The van der Waals surface area contributed by atoms with Gasteiger partial charge in [0.15, 0.2) is 6.10 Å². The minimum atomic E-state index is -0.910. The van der Waals surface area contributed by atoms with Crippen LogP contribution >= 0.6 is 11.6 Å². The molecule has 23 heavy (non-hydrogen) atoms. The number of benzene rings is 2. The Morgan fingerprint density at radius 2 is 1.83 bits per heavy atom. The van der Waals surface area contributed by atoms with Gasteiger partial charge in [-0.2, -0.15) is 0 Å². The van der Waals surface area contributed by atoms with E-state index in [0.717, 1.165) is 6.07 Å². The molecule has 2 N–H and O–H groups in total. The molecule has 0 aromatic heterocycles. The first-order valence-electron chi connectivity index (χ1n) is 6.74. The van der Waals surface area contributed by atoms with E-state index in [1.807, 2.05) is 0 Å². The van der Waals surface area contributed by atoms with Crippen molar-refractivity contribution in [1.82, 2.24) is 10.9 Å². The number of carbonyl (C=O) groups is 2. The minimum Gasteiger partial charge on any atom is -0.481 e. The second kappa shape index (κ2) is 7.60. The molecule has 2 aromatic rings. The van der Waals surface area contributed by atoms with Crippen LogP contribution in [-0.4, -0.2) is 17.9 Å². The SMILES string of the molecule is C[C@@H](Oc1ccc(F)c(Cl)c1)C(=O)NNC(=O)c1ccccc1. The van der Waals surface area contributed by atoms with Crippen LogP contribution in [0.5, 0.6) is 5.75 Å². The van der Waals surface area contributed by atoms with Gasteiger partial charge in [-0.3, -0.25) is 20.4 Å². The minimum absolute atomic E-state index is 0.104. The van der Waals surface area contributed by atoms with Crippen molar-refractivity contribution in [2.75, 3.05) is 0 Å². The summed E-state index contributed by atoms with van der Waals surface area (Å²) in [6.07, 6.45) is -0.910. The standard InChI is InChI=1S/C16H14ClFN2O3/c1-10(23-12-7-8-14(18)13(17)9-12)15(21)19-20-16(22)11-5-3-2-4-6-11/h2-10H,1H3,(H,19,21)(H,20,22)/t10-/m1/s1. The fourth-order valence-corrected chi connectivity index (χ4v) is 1.86. The summed E-state index contributed by atoms with van der Waals surface area (Å²) < 4.78 is 18.4. The lowest BCUT2D eigenvalue weighted by atomic mass is 10.2. The summed E-state index contributed by atoms with van der Waals surface area (Å²) in [5.74, 6) is -1.34. The number of nitrogens with one attached hydrogen (secondary N) is 2. The van der Waals surface area contributed by atoms with Crippen molar-refractivity contribution in [3.8, 4) is 5.75 Å². The van der Waals surface area contributed by atoms with E-state index in [4.69, 9.17) is 16.3 Å². The van der Waals surface area contributed by atoms with Crippen molar-refractivity contribution in [2.45, 2.75) is 13.0 Å². The van der Waals surface area contributed by atoms with E-state index in [1.54, 1.807) is 30.3 Å². The summed E-state index contributed by atoms with van der Waals surface area (Å²) in [7, 11) is 0. The van der Waals surface area contributed by atoms with Crippen molar-refractivity contribution in [3.05, 3.63) is 64.9 Å². The van der Waals surface area contributed by atoms with Gasteiger partial charge >= 0.3 is 0 Å². The van der Waals surface area contributed by atoms with E-state index in [2.05, 4.69) is 10.9 Å². The molecular weight excluding hydrogens is 323 g/mol. The van der Waals surface area contributed by atoms with E-state index in [0.29, 0.717) is 5.56 Å². The normalized spacial score (nSPS) is 11.4. The first-order valence-corrected chi connectivity index (χ1v) is 7.12. The zero-order chi connectivity index (χ0) is 16.8. The molecule has 0 aliphatic heterocycles. The molecule has 0 aliphatic rings. The van der Waals surface area contributed by atoms with Crippen LogP contribution in [0.2, 0.25) is 5.02 Å². The molecule has 0 unspecified atom stereocenters. The fraction of sp³-hybridized carbons (Fsp3) is 0.125. The van der Waals surface area contributed by atoms with Crippen LogP contribution in [0.15, 0.2) is 48.5 Å². The number of rotatable bonds is 4. The van der Waals surface area contributed by atoms with E-state index < -0.39 is 23.7 Å². The number of halogens is 2. The zero-order valence-corrected chi connectivity index (χ0v) is 12.9. The molecule has 5 nitrogen and oxygen atoms in total. The Labute approximate surface area is 137 Å². The number of hydrogen-bond donors (Lipinski definition) is 2. The third-order valence-electron chi connectivity index (χ3n) is 2.91. The van der Waals surface area contributed by atoms with Crippen LogP contribution < -0.4 is 15.6 Å². The molecular formula is C16H14ClFN2O3. The van der Waals surface area contributed by atoms with Crippen LogP contribution in [0.1, 0.15) is 17.3 Å². The molecule has 0 bridgehead atoms. The maximum Gasteiger partial charge on any atom is 0.279 e. The molecule has 0 spiro atoms. The van der Waals surface area contributed by atoms with Crippen molar-refractivity contribution in [1.29, 1.82) is 0 Å². The Hall–Kier alpha value is -2.60. The third-order valence-corrected chi connectivity index (χ3v) is 3.20. The highest BCUT2D eigenvalue weighted by Gasteiger charge is 2.16. The fourth-order valence-electron chi connectivity index (χ4n) is 1.69. The van der Waals surface area contributed by atoms with Crippen LogP contribution in [0.4, 0.5) is 4.39 Å². The van der Waals surface area contributed by atoms with Gasteiger partial charge in [0.25, 0.3) is 11.8 Å². The molecule has 0 radical (unpaired) electrons. The van der Waals surface area contributed by atoms with E-state index >= 15 is 0 Å². The quantitative estimate of drug-likeness (QED) is 0.844. The first-order chi connectivity index (χ1) is 11.0. The zero-order valence-electron chi connectivity index (χ0n) is 12.2. The molecule has 120 valence electrons. The van der Waals surface area contributed by atoms with Gasteiger partial charge in [-0.05, 0) is 31.2 Å². The monoisotopic (exact) mass is 336 g/mol. The molecule has 2 amide bonds. The second-order valence-corrected chi connectivity index (χ2v) is 5.05. The summed E-state index contributed by atoms with van der Waals surface area (Å²) >= 11 is 5.63. The largest absolute Gasteiger partial charge is 0.481 e. The number of carbonyl (C=O) groups excluding carboxylic acids is 2. The summed E-state index contributed by atoms with van der Waals surface area (Å²) in [5.41, 5.74) is 4.95. The lowest BCUT2D eigenvalue weighted by Gasteiger charge is -2.15. The van der Waals surface area contributed by atoms with Crippen molar-refractivity contribution < 1.29 is 18.7 Å². The lowest BCUT2D eigenvalue weighted by molar-refractivity contribution is -0.128. The summed E-state index contributed by atoms with van der Waals surface area (Å²) in [4.78, 5) is 23.7. The number of ether oxygens (including phenoxy) is 1. The highest BCUT2D eigenvalue weighted by atomic mass is 35.5. The summed E-state index contributed by atoms with van der Waals surface area (Å²) in [6.45, 7) is 1.49. The molecule has 2 aromatic carbocycles. The molecule has 0 heterocycles. The van der Waals surface area contributed by atoms with E-state index in [-0.39, 0.29) is 10.8 Å². The summed E-state index contributed by atoms with van der Waals surface area (Å²) in [5, 5.41) is -0.104. The average Bonchev–Trinajstić information content (AvgIpc) is 2.56. The third kappa shape index (κ3) is 4.69. The first kappa shape index (κ1) is 16.8. The Kier molecular flexibility index (Phi) is 5.54. The van der Waals surface area contributed by atoms with Gasteiger partial charge in [-0.1, -0.05) is 29.8 Å². The van der Waals surface area contributed by atoms with Gasteiger partial charge in [0.1, 0.15) is 11.6 Å². The van der Waals surface area contributed by atoms with Gasteiger partial charge < -0.3 is 4.74 Å².